The van der Waals surface area contributed by atoms with Crippen LogP contribution in [0, 0.1) is 11.6 Å². The number of aliphatic hydroxyl groups is 1. The summed E-state index contributed by atoms with van der Waals surface area (Å²) in [5.41, 5.74) is 0.257. The minimum absolute atomic E-state index is 0.00426. The molecule has 0 amide bonds. The lowest BCUT2D eigenvalue weighted by molar-refractivity contribution is -0.0127. The Hall–Kier alpha value is -3.79. The van der Waals surface area contributed by atoms with Crippen LogP contribution in [0.15, 0.2) is 67.1 Å². The van der Waals surface area contributed by atoms with E-state index in [0.717, 1.165) is 23.3 Å². The van der Waals surface area contributed by atoms with Crippen LogP contribution in [0.25, 0.3) is 11.1 Å². The van der Waals surface area contributed by atoms with Gasteiger partial charge in [0.15, 0.2) is 0 Å². The molecule has 2 heterocycles. The normalized spacial score (nSPS) is 13.9. The number of aromatic nitrogens is 5. The molecular weight excluding hydrogens is 447 g/mol. The molecule has 34 heavy (non-hydrogen) atoms. The lowest BCUT2D eigenvalue weighted by atomic mass is 9.79. The summed E-state index contributed by atoms with van der Waals surface area (Å²) in [4.78, 5) is 4.50. The molecule has 4 aromatic rings. The topological polar surface area (TPSA) is 86.0 Å². The van der Waals surface area contributed by atoms with Crippen LogP contribution in [-0.4, -0.2) is 43.6 Å². The molecule has 176 valence electrons. The fourth-order valence-corrected chi connectivity index (χ4v) is 3.77. The molecule has 7 nitrogen and oxygen atoms in total. The highest BCUT2D eigenvalue weighted by Gasteiger charge is 2.40. The predicted octanol–water partition coefficient (Wildman–Crippen LogP) is 4.05. The lowest BCUT2D eigenvalue weighted by Gasteiger charge is -2.34. The van der Waals surface area contributed by atoms with Crippen LogP contribution < -0.4 is 4.74 Å². The van der Waals surface area contributed by atoms with Gasteiger partial charge in [0.25, 0.3) is 0 Å². The molecule has 0 bridgehead atoms. The number of benzene rings is 2. The van der Waals surface area contributed by atoms with E-state index >= 15 is 0 Å². The van der Waals surface area contributed by atoms with E-state index in [1.807, 2.05) is 18.2 Å². The minimum Gasteiger partial charge on any atom is -0.491 e. The van der Waals surface area contributed by atoms with E-state index in [-0.39, 0.29) is 18.7 Å². The van der Waals surface area contributed by atoms with Gasteiger partial charge in [-0.15, -0.1) is 5.10 Å². The highest BCUT2D eigenvalue weighted by atomic mass is 19.1. The fraction of sp³-hybridized carbons (Fsp3) is 0.250. The van der Waals surface area contributed by atoms with E-state index in [2.05, 4.69) is 20.5 Å². The van der Waals surface area contributed by atoms with Crippen molar-refractivity contribution in [3.8, 4) is 16.9 Å². The Morgan fingerprint density at radius 2 is 1.82 bits per heavy atom. The standard InChI is InChI=1S/C24H22F3N5O2/c1-16(23-9-4-18(13-28-23)17-2-6-20(7-3-17)34-11-10-25)24(33,14-32-15-29-30-31-32)21-8-5-19(26)12-22(21)27/h2-9,12-13,15-16,33H,10-11,14H2,1H3. The van der Waals surface area contributed by atoms with Crippen LogP contribution >= 0.6 is 0 Å². The average Bonchev–Trinajstić information content (AvgIpc) is 3.35. The van der Waals surface area contributed by atoms with Gasteiger partial charge < -0.3 is 9.84 Å². The molecular formula is C24H22F3N5O2. The first-order valence-corrected chi connectivity index (χ1v) is 10.5. The Morgan fingerprint density at radius 1 is 1.06 bits per heavy atom. The fourth-order valence-electron chi connectivity index (χ4n) is 3.77. The van der Waals surface area contributed by atoms with Crippen molar-refractivity contribution in [2.75, 3.05) is 13.3 Å². The Labute approximate surface area is 193 Å². The number of tetrazole rings is 1. The van der Waals surface area contributed by atoms with Crippen molar-refractivity contribution in [2.24, 2.45) is 0 Å². The molecule has 0 radical (unpaired) electrons. The Balaban J connectivity index is 1.63. The molecule has 2 unspecified atom stereocenters. The van der Waals surface area contributed by atoms with Crippen LogP contribution in [0.5, 0.6) is 5.75 Å². The summed E-state index contributed by atoms with van der Waals surface area (Å²) in [5.74, 6) is -1.77. The zero-order valence-corrected chi connectivity index (χ0v) is 18.3. The number of alkyl halides is 1. The summed E-state index contributed by atoms with van der Waals surface area (Å²) in [6.07, 6.45) is 2.94. The van der Waals surface area contributed by atoms with Crippen molar-refractivity contribution in [2.45, 2.75) is 25.0 Å². The number of pyridine rings is 1. The van der Waals surface area contributed by atoms with E-state index in [0.29, 0.717) is 11.4 Å². The van der Waals surface area contributed by atoms with Gasteiger partial charge >= 0.3 is 0 Å². The third-order valence-corrected chi connectivity index (χ3v) is 5.67. The van der Waals surface area contributed by atoms with E-state index in [1.54, 1.807) is 31.3 Å². The summed E-state index contributed by atoms with van der Waals surface area (Å²) >= 11 is 0. The molecule has 2 atom stereocenters. The second kappa shape index (κ2) is 10.0. The number of hydrogen-bond acceptors (Lipinski definition) is 6. The maximum Gasteiger partial charge on any atom is 0.138 e. The third kappa shape index (κ3) is 4.91. The largest absolute Gasteiger partial charge is 0.491 e. The molecule has 2 aromatic heterocycles. The molecule has 0 saturated heterocycles. The van der Waals surface area contributed by atoms with Crippen LogP contribution in [0.4, 0.5) is 13.2 Å². The SMILES string of the molecule is CC(c1ccc(-c2ccc(OCCF)cc2)cn1)C(O)(Cn1cnnn1)c1ccc(F)cc1F. The Morgan fingerprint density at radius 3 is 2.44 bits per heavy atom. The number of nitrogens with zero attached hydrogens (tertiary/aromatic N) is 5. The van der Waals surface area contributed by atoms with Crippen molar-refractivity contribution >= 4 is 0 Å². The zero-order chi connectivity index (χ0) is 24.1. The smallest absolute Gasteiger partial charge is 0.138 e. The highest BCUT2D eigenvalue weighted by molar-refractivity contribution is 5.63. The van der Waals surface area contributed by atoms with E-state index in [4.69, 9.17) is 4.74 Å². The highest BCUT2D eigenvalue weighted by Crippen LogP contribution is 2.39. The first-order valence-electron chi connectivity index (χ1n) is 10.5. The van der Waals surface area contributed by atoms with Crippen molar-refractivity contribution < 1.29 is 23.0 Å². The predicted molar refractivity (Wildman–Crippen MR) is 118 cm³/mol. The van der Waals surface area contributed by atoms with Crippen molar-refractivity contribution in [3.05, 3.63) is 90.0 Å². The van der Waals surface area contributed by atoms with Gasteiger partial charge in [-0.3, -0.25) is 4.98 Å². The number of ether oxygens (including phenoxy) is 1. The van der Waals surface area contributed by atoms with Gasteiger partial charge in [0.1, 0.15) is 42.6 Å². The minimum atomic E-state index is -1.82. The van der Waals surface area contributed by atoms with Crippen LogP contribution in [-0.2, 0) is 12.1 Å². The zero-order valence-electron chi connectivity index (χ0n) is 18.3. The molecule has 0 fully saturated rings. The lowest BCUT2D eigenvalue weighted by Crippen LogP contribution is -2.38. The maximum absolute atomic E-state index is 14.7. The second-order valence-electron chi connectivity index (χ2n) is 7.81. The van der Waals surface area contributed by atoms with Gasteiger partial charge in [-0.25, -0.2) is 17.9 Å². The summed E-state index contributed by atoms with van der Waals surface area (Å²) < 4.78 is 47.1. The molecule has 0 saturated carbocycles. The molecule has 0 spiro atoms. The molecule has 2 aromatic carbocycles. The van der Waals surface area contributed by atoms with E-state index in [1.165, 1.54) is 17.1 Å². The molecule has 1 N–H and O–H groups in total. The second-order valence-corrected chi connectivity index (χ2v) is 7.81. The monoisotopic (exact) mass is 469 g/mol. The van der Waals surface area contributed by atoms with Gasteiger partial charge in [-0.1, -0.05) is 31.2 Å². The molecule has 0 aliphatic rings. The van der Waals surface area contributed by atoms with Crippen LogP contribution in [0.3, 0.4) is 0 Å². The third-order valence-electron chi connectivity index (χ3n) is 5.67. The summed E-state index contributed by atoms with van der Waals surface area (Å²) in [6.45, 7) is 0.961. The Bertz CT molecular complexity index is 1220. The van der Waals surface area contributed by atoms with Crippen LogP contribution in [0.1, 0.15) is 24.1 Å². The summed E-state index contributed by atoms with van der Waals surface area (Å²) in [7, 11) is 0. The number of hydrogen-bond donors (Lipinski definition) is 1. The first kappa shape index (κ1) is 23.4. The summed E-state index contributed by atoms with van der Waals surface area (Å²) in [5, 5.41) is 22.6. The van der Waals surface area contributed by atoms with Gasteiger partial charge in [0.05, 0.1) is 6.54 Å². The van der Waals surface area contributed by atoms with Gasteiger partial charge in [-0.2, -0.15) is 0 Å². The number of halogens is 3. The van der Waals surface area contributed by atoms with Crippen molar-refractivity contribution in [1.29, 1.82) is 0 Å². The molecule has 0 aliphatic carbocycles. The van der Waals surface area contributed by atoms with Crippen molar-refractivity contribution in [3.63, 3.8) is 0 Å². The van der Waals surface area contributed by atoms with Crippen molar-refractivity contribution in [1.82, 2.24) is 25.2 Å². The van der Waals surface area contributed by atoms with E-state index in [9.17, 15) is 18.3 Å². The van der Waals surface area contributed by atoms with Gasteiger partial charge in [-0.05, 0) is 40.3 Å². The van der Waals surface area contributed by atoms with Gasteiger partial charge in [0, 0.05) is 35.0 Å². The first-order chi connectivity index (χ1) is 16.4. The molecule has 4 rings (SSSR count). The average molecular weight is 469 g/mol. The maximum atomic E-state index is 14.7. The quantitative estimate of drug-likeness (QED) is 0.398. The Kier molecular flexibility index (Phi) is 6.87. The van der Waals surface area contributed by atoms with E-state index < -0.39 is 29.8 Å². The molecule has 10 heteroatoms. The molecule has 0 aliphatic heterocycles. The summed E-state index contributed by atoms with van der Waals surface area (Å²) in [6, 6.07) is 13.7. The number of rotatable bonds is 9. The van der Waals surface area contributed by atoms with Gasteiger partial charge in [0.2, 0.25) is 0 Å². The van der Waals surface area contributed by atoms with Crippen LogP contribution in [0.2, 0.25) is 0 Å².